The molecule has 0 saturated carbocycles. The number of aryl methyl sites for hydroxylation is 3. The van der Waals surface area contributed by atoms with E-state index in [1.54, 1.807) is 0 Å². The van der Waals surface area contributed by atoms with Gasteiger partial charge in [-0.1, -0.05) is 138 Å². The summed E-state index contributed by atoms with van der Waals surface area (Å²) in [6, 6.07) is 64.5. The second-order valence-electron chi connectivity index (χ2n) is 14.9. The Labute approximate surface area is 321 Å². The van der Waals surface area contributed by atoms with Gasteiger partial charge < -0.3 is 9.13 Å². The Morgan fingerprint density at radius 3 is 1.49 bits per heavy atom. The fraction of sp³-hybridized carbons (Fsp3) is 0.0566. The third kappa shape index (κ3) is 5.66. The van der Waals surface area contributed by atoms with E-state index in [9.17, 15) is 0 Å². The predicted octanol–water partition coefficient (Wildman–Crippen LogP) is 14.3. The molecule has 0 amide bonds. The SMILES string of the molecule is Cc1ccc2c(c1)c1cc(-c3ccccc3C=Cc3ccc(-c4ccccc4-n4c5ccc(C)cc5c5cc(C)ccc54)cc3)ccc1n2-c1ccccc1. The van der Waals surface area contributed by atoms with E-state index < -0.39 is 0 Å². The van der Waals surface area contributed by atoms with Crippen LogP contribution in [-0.2, 0) is 0 Å². The summed E-state index contributed by atoms with van der Waals surface area (Å²) in [6.45, 7) is 6.52. The minimum atomic E-state index is 1.16. The zero-order valence-corrected chi connectivity index (χ0v) is 31.3. The van der Waals surface area contributed by atoms with E-state index in [-0.39, 0.29) is 0 Å². The van der Waals surface area contributed by atoms with Crippen LogP contribution >= 0.6 is 0 Å². The summed E-state index contributed by atoms with van der Waals surface area (Å²) in [7, 11) is 0. The summed E-state index contributed by atoms with van der Waals surface area (Å²) in [5.74, 6) is 0. The molecule has 2 heterocycles. The van der Waals surface area contributed by atoms with Crippen LogP contribution < -0.4 is 0 Å². The van der Waals surface area contributed by atoms with Gasteiger partial charge in [-0.25, -0.2) is 0 Å². The molecule has 10 aromatic rings. The summed E-state index contributed by atoms with van der Waals surface area (Å²) in [5, 5.41) is 5.13. The first-order chi connectivity index (χ1) is 27.0. The van der Waals surface area contributed by atoms with Crippen LogP contribution in [0.25, 0.3) is 89.4 Å². The van der Waals surface area contributed by atoms with Crippen molar-refractivity contribution in [2.24, 2.45) is 0 Å². The minimum absolute atomic E-state index is 1.16. The number of aromatic nitrogens is 2. The van der Waals surface area contributed by atoms with Crippen LogP contribution in [0.3, 0.4) is 0 Å². The van der Waals surface area contributed by atoms with E-state index in [1.807, 2.05) is 0 Å². The van der Waals surface area contributed by atoms with Crippen molar-refractivity contribution in [1.82, 2.24) is 9.13 Å². The first-order valence-corrected chi connectivity index (χ1v) is 19.1. The average Bonchev–Trinajstić information content (AvgIpc) is 3.71. The summed E-state index contributed by atoms with van der Waals surface area (Å²) in [4.78, 5) is 0. The van der Waals surface area contributed by atoms with Crippen LogP contribution in [0.15, 0.2) is 176 Å². The number of hydrogen-bond donors (Lipinski definition) is 0. The highest BCUT2D eigenvalue weighted by atomic mass is 15.0. The molecular weight excluding hydrogens is 665 g/mol. The first-order valence-electron chi connectivity index (χ1n) is 19.1. The summed E-state index contributed by atoms with van der Waals surface area (Å²) in [6.07, 6.45) is 4.48. The van der Waals surface area contributed by atoms with E-state index in [2.05, 4.69) is 218 Å². The number of hydrogen-bond acceptors (Lipinski definition) is 0. The number of benzene rings is 8. The Kier molecular flexibility index (Phi) is 7.85. The second-order valence-corrected chi connectivity index (χ2v) is 14.9. The fourth-order valence-corrected chi connectivity index (χ4v) is 8.45. The predicted molar refractivity (Wildman–Crippen MR) is 236 cm³/mol. The van der Waals surface area contributed by atoms with Gasteiger partial charge in [0.2, 0.25) is 0 Å². The summed E-state index contributed by atoms with van der Waals surface area (Å²) < 4.78 is 4.81. The molecule has 10 rings (SSSR count). The van der Waals surface area contributed by atoms with Gasteiger partial charge in [-0.15, -0.1) is 0 Å². The molecule has 0 spiro atoms. The second kappa shape index (κ2) is 13.2. The van der Waals surface area contributed by atoms with Gasteiger partial charge in [0, 0.05) is 32.8 Å². The molecule has 0 aliphatic heterocycles. The lowest BCUT2D eigenvalue weighted by atomic mass is 9.97. The highest BCUT2D eigenvalue weighted by Gasteiger charge is 2.17. The lowest BCUT2D eigenvalue weighted by Gasteiger charge is -2.14. The molecule has 2 heteroatoms. The monoisotopic (exact) mass is 704 g/mol. The number of nitrogens with zero attached hydrogens (tertiary/aromatic N) is 2. The zero-order chi connectivity index (χ0) is 37.0. The van der Waals surface area contributed by atoms with Crippen molar-refractivity contribution in [3.63, 3.8) is 0 Å². The highest BCUT2D eigenvalue weighted by molar-refractivity contribution is 6.11. The van der Waals surface area contributed by atoms with E-state index in [0.717, 1.165) is 5.56 Å². The molecule has 2 nitrogen and oxygen atoms in total. The Bertz CT molecular complexity index is 3040. The van der Waals surface area contributed by atoms with E-state index in [4.69, 9.17) is 0 Å². The Morgan fingerprint density at radius 1 is 0.364 bits per heavy atom. The molecule has 0 atom stereocenters. The Hall–Kier alpha value is -6.90. The molecule has 0 fully saturated rings. The van der Waals surface area contributed by atoms with Gasteiger partial charge in [0.05, 0.1) is 27.8 Å². The van der Waals surface area contributed by atoms with Crippen LogP contribution in [0.2, 0.25) is 0 Å². The van der Waals surface area contributed by atoms with Crippen molar-refractivity contribution in [1.29, 1.82) is 0 Å². The van der Waals surface area contributed by atoms with Crippen molar-refractivity contribution < 1.29 is 0 Å². The van der Waals surface area contributed by atoms with Crippen molar-refractivity contribution in [2.45, 2.75) is 20.8 Å². The van der Waals surface area contributed by atoms with E-state index >= 15 is 0 Å². The molecule has 0 unspecified atom stereocenters. The number of fused-ring (bicyclic) bond motifs is 6. The quantitative estimate of drug-likeness (QED) is 0.153. The maximum atomic E-state index is 2.43. The van der Waals surface area contributed by atoms with Gasteiger partial charge in [-0.3, -0.25) is 0 Å². The highest BCUT2D eigenvalue weighted by Crippen LogP contribution is 2.39. The molecule has 0 N–H and O–H groups in total. The van der Waals surface area contributed by atoms with Crippen molar-refractivity contribution in [3.8, 4) is 33.6 Å². The molecule has 0 aliphatic carbocycles. The van der Waals surface area contributed by atoms with Gasteiger partial charge in [0.1, 0.15) is 0 Å². The van der Waals surface area contributed by atoms with E-state index in [1.165, 1.54) is 99.5 Å². The van der Waals surface area contributed by atoms with Crippen LogP contribution in [0.5, 0.6) is 0 Å². The van der Waals surface area contributed by atoms with Crippen molar-refractivity contribution in [3.05, 3.63) is 204 Å². The third-order valence-corrected chi connectivity index (χ3v) is 11.1. The third-order valence-electron chi connectivity index (χ3n) is 11.1. The molecule has 55 heavy (non-hydrogen) atoms. The smallest absolute Gasteiger partial charge is 0.0541 e. The van der Waals surface area contributed by atoms with Gasteiger partial charge in [-0.05, 0) is 115 Å². The summed E-state index contributed by atoms with van der Waals surface area (Å²) >= 11 is 0. The Balaban J connectivity index is 1.00. The number of para-hydroxylation sites is 2. The normalized spacial score (nSPS) is 11.8. The van der Waals surface area contributed by atoms with Crippen LogP contribution in [0, 0.1) is 20.8 Å². The van der Waals surface area contributed by atoms with Gasteiger partial charge in [0.15, 0.2) is 0 Å². The van der Waals surface area contributed by atoms with Crippen LogP contribution in [-0.4, -0.2) is 9.13 Å². The first kappa shape index (κ1) is 32.7. The zero-order valence-electron chi connectivity index (χ0n) is 31.3. The average molecular weight is 705 g/mol. The molecule has 0 radical (unpaired) electrons. The van der Waals surface area contributed by atoms with Gasteiger partial charge in [-0.2, -0.15) is 0 Å². The maximum absolute atomic E-state index is 2.43. The lowest BCUT2D eigenvalue weighted by Crippen LogP contribution is -1.97. The maximum Gasteiger partial charge on any atom is 0.0541 e. The molecule has 0 saturated heterocycles. The molecule has 2 aromatic heterocycles. The molecular formula is C53H40N2. The lowest BCUT2D eigenvalue weighted by molar-refractivity contribution is 1.18. The minimum Gasteiger partial charge on any atom is -0.309 e. The molecule has 0 bridgehead atoms. The van der Waals surface area contributed by atoms with Gasteiger partial charge in [0.25, 0.3) is 0 Å². The van der Waals surface area contributed by atoms with Crippen LogP contribution in [0.4, 0.5) is 0 Å². The van der Waals surface area contributed by atoms with Gasteiger partial charge >= 0.3 is 0 Å². The molecule has 262 valence electrons. The number of rotatable bonds is 6. The molecule has 0 aliphatic rings. The topological polar surface area (TPSA) is 9.86 Å². The van der Waals surface area contributed by atoms with E-state index in [0.29, 0.717) is 0 Å². The Morgan fingerprint density at radius 2 is 0.855 bits per heavy atom. The largest absolute Gasteiger partial charge is 0.309 e. The standard InChI is InChI=1S/C53H40N2/c1-35-17-27-50-47(33-35)48-34-41(26-30-51(48)54(50)42-12-5-4-6-13-42)43-14-8-7-11-39(43)23-20-38-21-24-40(25-22-38)44-15-9-10-16-49(44)55-52-28-18-36(2)31-45(52)46-32-37(3)19-29-53(46)55/h4-34H,1-3H3. The molecule has 8 aromatic carbocycles. The van der Waals surface area contributed by atoms with Crippen molar-refractivity contribution >= 4 is 55.8 Å². The summed E-state index contributed by atoms with van der Waals surface area (Å²) in [5.41, 5.74) is 18.3. The van der Waals surface area contributed by atoms with Crippen molar-refractivity contribution in [2.75, 3.05) is 0 Å². The fourth-order valence-electron chi connectivity index (χ4n) is 8.45. The van der Waals surface area contributed by atoms with Crippen LogP contribution in [0.1, 0.15) is 27.8 Å².